The number of hydrogen-bond donors (Lipinski definition) is 1. The first-order valence-corrected chi connectivity index (χ1v) is 11.5. The molecule has 1 N–H and O–H groups in total. The summed E-state index contributed by atoms with van der Waals surface area (Å²) in [6.45, 7) is 0.281. The summed E-state index contributed by atoms with van der Waals surface area (Å²) in [5.74, 6) is 1.09. The maximum absolute atomic E-state index is 13.5. The third kappa shape index (κ3) is 4.59. The van der Waals surface area contributed by atoms with Crippen LogP contribution in [-0.4, -0.2) is 37.0 Å². The van der Waals surface area contributed by atoms with E-state index in [0.29, 0.717) is 17.1 Å². The van der Waals surface area contributed by atoms with Crippen molar-refractivity contribution in [3.63, 3.8) is 0 Å². The summed E-state index contributed by atoms with van der Waals surface area (Å²) in [5, 5.41) is 3.27. The maximum Gasteiger partial charge on any atom is 0.255 e. The van der Waals surface area contributed by atoms with Gasteiger partial charge in [0, 0.05) is 23.2 Å². The predicted octanol–water partition coefficient (Wildman–Crippen LogP) is 4.63. The quantitative estimate of drug-likeness (QED) is 0.717. The summed E-state index contributed by atoms with van der Waals surface area (Å²) in [5.41, 5.74) is 2.20. The Morgan fingerprint density at radius 3 is 2.44 bits per heavy atom. The standard InChI is InChI=1S/C26H32N2O4/c1-31-20-15-14-18(23(16-20)32-2)17-28-24(21-12-8-9-13-22(21)26(28)30)25(29)27-19-10-6-4-3-5-7-11-19/h8-9,12-16,19,24H,3-7,10-11,17H2,1-2H3,(H,27,29)/t24-/m0/s1. The van der Waals surface area contributed by atoms with Crippen LogP contribution in [-0.2, 0) is 11.3 Å². The van der Waals surface area contributed by atoms with Crippen LogP contribution >= 0.6 is 0 Å². The molecule has 1 aliphatic carbocycles. The number of methoxy groups -OCH3 is 2. The Hall–Kier alpha value is -3.02. The van der Waals surface area contributed by atoms with Gasteiger partial charge in [-0.3, -0.25) is 9.59 Å². The minimum Gasteiger partial charge on any atom is -0.497 e. The highest BCUT2D eigenvalue weighted by atomic mass is 16.5. The smallest absolute Gasteiger partial charge is 0.255 e. The molecule has 2 aromatic carbocycles. The summed E-state index contributed by atoms with van der Waals surface area (Å²) in [6.07, 6.45) is 8.00. The number of amides is 2. The van der Waals surface area contributed by atoms with Crippen molar-refractivity contribution in [1.82, 2.24) is 10.2 Å². The van der Waals surface area contributed by atoms with Crippen LogP contribution in [0.1, 0.15) is 72.5 Å². The van der Waals surface area contributed by atoms with E-state index in [2.05, 4.69) is 5.32 Å². The van der Waals surface area contributed by atoms with Crippen molar-refractivity contribution in [2.24, 2.45) is 0 Å². The van der Waals surface area contributed by atoms with Crippen LogP contribution in [0.2, 0.25) is 0 Å². The molecule has 1 atom stereocenters. The molecule has 0 unspecified atom stereocenters. The Balaban J connectivity index is 1.60. The first-order valence-electron chi connectivity index (χ1n) is 11.5. The molecular weight excluding hydrogens is 404 g/mol. The lowest BCUT2D eigenvalue weighted by molar-refractivity contribution is -0.126. The number of hydrogen-bond acceptors (Lipinski definition) is 4. The molecule has 1 fully saturated rings. The lowest BCUT2D eigenvalue weighted by Crippen LogP contribution is -2.43. The van der Waals surface area contributed by atoms with E-state index in [9.17, 15) is 9.59 Å². The van der Waals surface area contributed by atoms with Crippen molar-refractivity contribution < 1.29 is 19.1 Å². The molecule has 0 bridgehead atoms. The van der Waals surface area contributed by atoms with E-state index < -0.39 is 6.04 Å². The Morgan fingerprint density at radius 1 is 1.00 bits per heavy atom. The normalized spacial score (nSPS) is 19.1. The molecule has 1 heterocycles. The predicted molar refractivity (Wildman–Crippen MR) is 123 cm³/mol. The third-order valence-electron chi connectivity index (χ3n) is 6.59. The van der Waals surface area contributed by atoms with Crippen LogP contribution in [0.25, 0.3) is 0 Å². The van der Waals surface area contributed by atoms with Gasteiger partial charge in [-0.1, -0.05) is 50.3 Å². The average molecular weight is 437 g/mol. The zero-order valence-electron chi connectivity index (χ0n) is 18.9. The molecule has 6 heteroatoms. The average Bonchev–Trinajstić information content (AvgIpc) is 3.07. The fourth-order valence-corrected chi connectivity index (χ4v) is 4.86. The molecule has 0 saturated heterocycles. The molecule has 0 aromatic heterocycles. The van der Waals surface area contributed by atoms with Gasteiger partial charge in [0.05, 0.1) is 20.8 Å². The second-order valence-corrected chi connectivity index (χ2v) is 8.65. The molecule has 6 nitrogen and oxygen atoms in total. The number of carbonyl (C=O) groups excluding carboxylic acids is 2. The van der Waals surface area contributed by atoms with Gasteiger partial charge in [0.15, 0.2) is 0 Å². The molecule has 1 saturated carbocycles. The van der Waals surface area contributed by atoms with Crippen LogP contribution < -0.4 is 14.8 Å². The molecule has 0 spiro atoms. The number of nitrogens with one attached hydrogen (secondary N) is 1. The maximum atomic E-state index is 13.5. The molecule has 170 valence electrons. The fourth-order valence-electron chi connectivity index (χ4n) is 4.86. The minimum atomic E-state index is -0.643. The third-order valence-corrected chi connectivity index (χ3v) is 6.59. The van der Waals surface area contributed by atoms with Gasteiger partial charge in [-0.15, -0.1) is 0 Å². The summed E-state index contributed by atoms with van der Waals surface area (Å²) in [4.78, 5) is 28.5. The molecule has 32 heavy (non-hydrogen) atoms. The number of fused-ring (bicyclic) bond motifs is 1. The zero-order valence-corrected chi connectivity index (χ0v) is 18.9. The Bertz CT molecular complexity index is 966. The van der Waals surface area contributed by atoms with E-state index in [4.69, 9.17) is 9.47 Å². The van der Waals surface area contributed by atoms with E-state index in [0.717, 1.165) is 36.8 Å². The van der Waals surface area contributed by atoms with E-state index in [-0.39, 0.29) is 24.4 Å². The molecule has 0 radical (unpaired) electrons. The lowest BCUT2D eigenvalue weighted by atomic mass is 9.96. The van der Waals surface area contributed by atoms with Crippen molar-refractivity contribution >= 4 is 11.8 Å². The van der Waals surface area contributed by atoms with Crippen LogP contribution in [0.4, 0.5) is 0 Å². The number of rotatable bonds is 6. The summed E-state index contributed by atoms with van der Waals surface area (Å²) in [7, 11) is 3.20. The highest BCUT2D eigenvalue weighted by molar-refractivity contribution is 6.04. The van der Waals surface area contributed by atoms with Crippen molar-refractivity contribution in [3.8, 4) is 11.5 Å². The summed E-state index contributed by atoms with van der Waals surface area (Å²) < 4.78 is 10.8. The van der Waals surface area contributed by atoms with Gasteiger partial charge < -0.3 is 19.7 Å². The van der Waals surface area contributed by atoms with Gasteiger partial charge in [-0.2, -0.15) is 0 Å². The Morgan fingerprint density at radius 2 is 1.72 bits per heavy atom. The van der Waals surface area contributed by atoms with Gasteiger partial charge >= 0.3 is 0 Å². The first-order chi connectivity index (χ1) is 15.6. The van der Waals surface area contributed by atoms with Crippen LogP contribution in [0, 0.1) is 0 Å². The van der Waals surface area contributed by atoms with Gasteiger partial charge in [0.1, 0.15) is 17.5 Å². The van der Waals surface area contributed by atoms with E-state index in [1.165, 1.54) is 19.3 Å². The fraction of sp³-hybridized carbons (Fsp3) is 0.462. The Kier molecular flexibility index (Phi) is 6.98. The number of carbonyl (C=O) groups is 2. The molecule has 4 rings (SSSR count). The second kappa shape index (κ2) is 10.1. The molecule has 2 amide bonds. The highest BCUT2D eigenvalue weighted by Crippen LogP contribution is 2.37. The van der Waals surface area contributed by atoms with Crippen molar-refractivity contribution in [1.29, 1.82) is 0 Å². The van der Waals surface area contributed by atoms with E-state index in [1.54, 1.807) is 31.3 Å². The summed E-state index contributed by atoms with van der Waals surface area (Å²) in [6, 6.07) is 12.5. The van der Waals surface area contributed by atoms with E-state index >= 15 is 0 Å². The number of ether oxygens (including phenoxy) is 2. The zero-order chi connectivity index (χ0) is 22.5. The monoisotopic (exact) mass is 436 g/mol. The molecule has 1 aliphatic heterocycles. The summed E-state index contributed by atoms with van der Waals surface area (Å²) >= 11 is 0. The van der Waals surface area contributed by atoms with E-state index in [1.807, 2.05) is 30.3 Å². The second-order valence-electron chi connectivity index (χ2n) is 8.65. The largest absolute Gasteiger partial charge is 0.497 e. The van der Waals surface area contributed by atoms with Gasteiger partial charge in [-0.25, -0.2) is 0 Å². The highest BCUT2D eigenvalue weighted by Gasteiger charge is 2.41. The first kappa shape index (κ1) is 22.2. The van der Waals surface area contributed by atoms with Crippen LogP contribution in [0.15, 0.2) is 42.5 Å². The molecule has 2 aromatic rings. The number of benzene rings is 2. The lowest BCUT2D eigenvalue weighted by Gasteiger charge is -2.28. The van der Waals surface area contributed by atoms with Crippen molar-refractivity contribution in [2.75, 3.05) is 14.2 Å². The van der Waals surface area contributed by atoms with Gasteiger partial charge in [0.25, 0.3) is 5.91 Å². The van der Waals surface area contributed by atoms with Crippen LogP contribution in [0.3, 0.4) is 0 Å². The van der Waals surface area contributed by atoms with Crippen molar-refractivity contribution in [2.45, 2.75) is 63.6 Å². The van der Waals surface area contributed by atoms with Crippen molar-refractivity contribution in [3.05, 3.63) is 59.2 Å². The molecule has 2 aliphatic rings. The van der Waals surface area contributed by atoms with Gasteiger partial charge in [-0.05, 0) is 36.6 Å². The van der Waals surface area contributed by atoms with Gasteiger partial charge in [0.2, 0.25) is 5.91 Å². The molecular formula is C26H32N2O4. The Labute approximate surface area is 189 Å². The van der Waals surface area contributed by atoms with Crippen LogP contribution in [0.5, 0.6) is 11.5 Å². The number of nitrogens with zero attached hydrogens (tertiary/aromatic N) is 1. The minimum absolute atomic E-state index is 0.0960. The SMILES string of the molecule is COc1ccc(CN2C(=O)c3ccccc3[C@H]2C(=O)NC2CCCCCCC2)c(OC)c1. The topological polar surface area (TPSA) is 67.9 Å².